The molecule has 1 heterocycles. The first-order valence-corrected chi connectivity index (χ1v) is 7.24. The molecule has 1 aromatic rings. The van der Waals surface area contributed by atoms with Gasteiger partial charge in [0.15, 0.2) is 6.10 Å². The number of nitrogen functional groups attached to an aromatic ring is 1. The second-order valence-electron chi connectivity index (χ2n) is 4.22. The second-order valence-corrected chi connectivity index (χ2v) is 6.13. The summed E-state index contributed by atoms with van der Waals surface area (Å²) < 4.78 is 31.3. The summed E-state index contributed by atoms with van der Waals surface area (Å²) in [5, 5.41) is 17.9. The molecule has 1 aromatic carbocycles. The topological polar surface area (TPSA) is 120 Å². The van der Waals surface area contributed by atoms with Crippen molar-refractivity contribution in [2.45, 2.75) is 11.0 Å². The molecule has 20 heavy (non-hydrogen) atoms. The molecule has 1 unspecified atom stereocenters. The van der Waals surface area contributed by atoms with Crippen LogP contribution in [0.25, 0.3) is 0 Å². The molecular weight excluding hydrogens is 280 g/mol. The minimum absolute atomic E-state index is 0.00926. The average Bonchev–Trinajstić information content (AvgIpc) is 2.46. The zero-order chi connectivity index (χ0) is 14.8. The molecule has 104 valence electrons. The van der Waals surface area contributed by atoms with Gasteiger partial charge in [-0.15, -0.1) is 0 Å². The highest BCUT2D eigenvalue weighted by Crippen LogP contribution is 2.23. The van der Waals surface area contributed by atoms with Gasteiger partial charge < -0.3 is 10.5 Å². The maximum absolute atomic E-state index is 12.5. The van der Waals surface area contributed by atoms with Crippen LogP contribution < -0.4 is 5.73 Å². The van der Waals surface area contributed by atoms with Gasteiger partial charge in [-0.2, -0.15) is 14.8 Å². The predicted octanol–water partition coefficient (Wildman–Crippen LogP) is 0.0536. The van der Waals surface area contributed by atoms with Gasteiger partial charge in [-0.1, -0.05) is 0 Å². The number of nitriles is 2. The Hall–Kier alpha value is -2.13. The summed E-state index contributed by atoms with van der Waals surface area (Å²) in [5.74, 6) is 0. The number of ether oxygens (including phenoxy) is 1. The van der Waals surface area contributed by atoms with Gasteiger partial charge in [0.25, 0.3) is 0 Å². The SMILES string of the molecule is N#Cc1cc(N)ccc1S(=O)(=O)N1CCOC(C#N)C1. The molecule has 0 radical (unpaired) electrons. The van der Waals surface area contributed by atoms with Crippen molar-refractivity contribution in [1.82, 2.24) is 4.31 Å². The molecule has 0 aromatic heterocycles. The molecule has 1 aliphatic heterocycles. The Morgan fingerprint density at radius 1 is 1.40 bits per heavy atom. The lowest BCUT2D eigenvalue weighted by Crippen LogP contribution is -2.45. The van der Waals surface area contributed by atoms with Crippen LogP contribution in [0.4, 0.5) is 5.69 Å². The van der Waals surface area contributed by atoms with E-state index >= 15 is 0 Å². The van der Waals surface area contributed by atoms with E-state index in [1.54, 1.807) is 0 Å². The summed E-state index contributed by atoms with van der Waals surface area (Å²) in [6, 6.07) is 7.75. The predicted molar refractivity (Wildman–Crippen MR) is 69.7 cm³/mol. The van der Waals surface area contributed by atoms with Crippen LogP contribution in [0.15, 0.2) is 23.1 Å². The fourth-order valence-electron chi connectivity index (χ4n) is 1.92. The highest BCUT2D eigenvalue weighted by molar-refractivity contribution is 7.89. The van der Waals surface area contributed by atoms with E-state index < -0.39 is 16.1 Å². The Kier molecular flexibility index (Phi) is 3.91. The lowest BCUT2D eigenvalue weighted by atomic mass is 10.2. The molecule has 0 amide bonds. The molecule has 0 bridgehead atoms. The molecule has 1 saturated heterocycles. The minimum atomic E-state index is -3.84. The van der Waals surface area contributed by atoms with Gasteiger partial charge in [-0.05, 0) is 18.2 Å². The number of rotatable bonds is 2. The Labute approximate surface area is 116 Å². The number of hydrogen-bond donors (Lipinski definition) is 1. The minimum Gasteiger partial charge on any atom is -0.399 e. The van der Waals surface area contributed by atoms with Crippen molar-refractivity contribution < 1.29 is 13.2 Å². The van der Waals surface area contributed by atoms with Crippen molar-refractivity contribution in [3.8, 4) is 12.1 Å². The molecule has 0 saturated carbocycles. The number of hydrogen-bond acceptors (Lipinski definition) is 6. The third-order valence-electron chi connectivity index (χ3n) is 2.92. The molecule has 2 rings (SSSR count). The first-order chi connectivity index (χ1) is 9.48. The van der Waals surface area contributed by atoms with Crippen LogP contribution in [0, 0.1) is 22.7 Å². The van der Waals surface area contributed by atoms with Crippen LogP contribution in [0.2, 0.25) is 0 Å². The van der Waals surface area contributed by atoms with Gasteiger partial charge in [0.2, 0.25) is 10.0 Å². The third kappa shape index (κ3) is 2.58. The van der Waals surface area contributed by atoms with E-state index in [4.69, 9.17) is 21.0 Å². The molecule has 8 heteroatoms. The molecule has 1 fully saturated rings. The fraction of sp³-hybridized carbons (Fsp3) is 0.333. The number of nitrogens with two attached hydrogens (primary N) is 1. The van der Waals surface area contributed by atoms with Crippen LogP contribution in [0.3, 0.4) is 0 Å². The normalized spacial score (nSPS) is 20.0. The summed E-state index contributed by atoms with van der Waals surface area (Å²) in [5.41, 5.74) is 5.85. The summed E-state index contributed by atoms with van der Waals surface area (Å²) in [6.07, 6.45) is -0.794. The molecular formula is C12H12N4O3S. The highest BCUT2D eigenvalue weighted by Gasteiger charge is 2.32. The van der Waals surface area contributed by atoms with Crippen molar-refractivity contribution in [1.29, 1.82) is 10.5 Å². The molecule has 0 spiro atoms. The number of morpholine rings is 1. The molecule has 0 aliphatic carbocycles. The van der Waals surface area contributed by atoms with E-state index in [2.05, 4.69) is 0 Å². The summed E-state index contributed by atoms with van der Waals surface area (Å²) >= 11 is 0. The van der Waals surface area contributed by atoms with Crippen molar-refractivity contribution in [2.75, 3.05) is 25.4 Å². The van der Waals surface area contributed by atoms with Gasteiger partial charge in [0, 0.05) is 12.2 Å². The molecule has 7 nitrogen and oxygen atoms in total. The Bertz CT molecular complexity index is 702. The van der Waals surface area contributed by atoms with Gasteiger partial charge in [0.05, 0.1) is 24.8 Å². The van der Waals surface area contributed by atoms with Gasteiger partial charge in [-0.25, -0.2) is 8.42 Å². The summed E-state index contributed by atoms with van der Waals surface area (Å²) in [6.45, 7) is 0.248. The summed E-state index contributed by atoms with van der Waals surface area (Å²) in [4.78, 5) is -0.104. The zero-order valence-electron chi connectivity index (χ0n) is 10.5. The largest absolute Gasteiger partial charge is 0.399 e. The standard InChI is InChI=1S/C12H12N4O3S/c13-6-9-5-10(15)1-2-12(9)20(17,18)16-3-4-19-11(7-14)8-16/h1-2,5,11H,3-4,8,15H2. The monoisotopic (exact) mass is 292 g/mol. The molecule has 1 atom stereocenters. The molecule has 1 aliphatic rings. The van der Waals surface area contributed by atoms with Crippen molar-refractivity contribution >= 4 is 15.7 Å². The van der Waals surface area contributed by atoms with E-state index in [-0.39, 0.29) is 30.2 Å². The number of anilines is 1. The van der Waals surface area contributed by atoms with Crippen molar-refractivity contribution in [3.05, 3.63) is 23.8 Å². The summed E-state index contributed by atoms with van der Waals surface area (Å²) in [7, 11) is -3.84. The Balaban J connectivity index is 2.41. The highest BCUT2D eigenvalue weighted by atomic mass is 32.2. The van der Waals surface area contributed by atoms with Gasteiger partial charge >= 0.3 is 0 Å². The average molecular weight is 292 g/mol. The number of sulfonamides is 1. The van der Waals surface area contributed by atoms with Crippen LogP contribution in [0.1, 0.15) is 5.56 Å². The maximum Gasteiger partial charge on any atom is 0.244 e. The van der Waals surface area contributed by atoms with Crippen LogP contribution >= 0.6 is 0 Å². The second kappa shape index (κ2) is 5.47. The van der Waals surface area contributed by atoms with E-state index in [0.29, 0.717) is 5.69 Å². The first-order valence-electron chi connectivity index (χ1n) is 5.80. The van der Waals surface area contributed by atoms with E-state index in [0.717, 1.165) is 4.31 Å². The van der Waals surface area contributed by atoms with E-state index in [9.17, 15) is 8.42 Å². The Morgan fingerprint density at radius 2 is 2.15 bits per heavy atom. The van der Waals surface area contributed by atoms with Crippen LogP contribution in [-0.2, 0) is 14.8 Å². The lowest BCUT2D eigenvalue weighted by molar-refractivity contribution is 0.0311. The van der Waals surface area contributed by atoms with E-state index in [1.807, 2.05) is 12.1 Å². The Morgan fingerprint density at radius 3 is 2.80 bits per heavy atom. The van der Waals surface area contributed by atoms with Gasteiger partial charge in [0.1, 0.15) is 11.0 Å². The number of benzene rings is 1. The van der Waals surface area contributed by atoms with Crippen molar-refractivity contribution in [3.63, 3.8) is 0 Å². The smallest absolute Gasteiger partial charge is 0.244 e. The van der Waals surface area contributed by atoms with Crippen LogP contribution in [0.5, 0.6) is 0 Å². The molecule has 2 N–H and O–H groups in total. The lowest BCUT2D eigenvalue weighted by Gasteiger charge is -2.29. The third-order valence-corrected chi connectivity index (χ3v) is 4.84. The van der Waals surface area contributed by atoms with Crippen molar-refractivity contribution in [2.24, 2.45) is 0 Å². The maximum atomic E-state index is 12.5. The fourth-order valence-corrected chi connectivity index (χ4v) is 3.47. The zero-order valence-corrected chi connectivity index (χ0v) is 11.3. The number of nitrogens with zero attached hydrogens (tertiary/aromatic N) is 3. The van der Waals surface area contributed by atoms with Gasteiger partial charge in [-0.3, -0.25) is 0 Å². The van der Waals surface area contributed by atoms with Crippen LogP contribution in [-0.4, -0.2) is 38.5 Å². The quantitative estimate of drug-likeness (QED) is 0.769. The first kappa shape index (κ1) is 14.3. The van der Waals surface area contributed by atoms with E-state index in [1.165, 1.54) is 18.2 Å².